The van der Waals surface area contributed by atoms with Crippen LogP contribution in [-0.2, 0) is 17.6 Å². The number of esters is 1. The lowest BCUT2D eigenvalue weighted by Crippen LogP contribution is -2.16. The van der Waals surface area contributed by atoms with Gasteiger partial charge in [-0.05, 0) is 63.6 Å². The summed E-state index contributed by atoms with van der Waals surface area (Å²) in [7, 11) is 1.36. The summed E-state index contributed by atoms with van der Waals surface area (Å²) in [5, 5.41) is 3.45. The zero-order valence-corrected chi connectivity index (χ0v) is 20.1. The Balaban J connectivity index is 1.99. The van der Waals surface area contributed by atoms with Crippen molar-refractivity contribution in [2.75, 3.05) is 32.2 Å². The third-order valence-corrected chi connectivity index (χ3v) is 6.47. The summed E-state index contributed by atoms with van der Waals surface area (Å²) in [5.74, 6) is 1.12. The minimum Gasteiger partial charge on any atom is -0.490 e. The molecule has 1 atom stereocenters. The number of nitrogens with one attached hydrogen (secondary N) is 1. The number of ether oxygens (including phenoxy) is 4. The van der Waals surface area contributed by atoms with E-state index >= 15 is 0 Å². The molecule has 1 aromatic heterocycles. The molecular formula is C24H31NO6S. The molecule has 0 saturated heterocycles. The van der Waals surface area contributed by atoms with Gasteiger partial charge in [0.25, 0.3) is 5.91 Å². The summed E-state index contributed by atoms with van der Waals surface area (Å²) in [6.07, 6.45) is 2.71. The first-order chi connectivity index (χ1) is 15.4. The van der Waals surface area contributed by atoms with Crippen molar-refractivity contribution in [3.8, 4) is 17.2 Å². The van der Waals surface area contributed by atoms with Crippen LogP contribution in [0, 0.1) is 5.92 Å². The Morgan fingerprint density at radius 1 is 1.06 bits per heavy atom. The Hall–Kier alpha value is -2.74. The lowest BCUT2D eigenvalue weighted by atomic mass is 9.88. The molecule has 1 aromatic carbocycles. The maximum atomic E-state index is 13.2. The van der Waals surface area contributed by atoms with Crippen LogP contribution in [0.15, 0.2) is 12.1 Å². The first kappa shape index (κ1) is 23.9. The Bertz CT molecular complexity index is 956. The molecule has 0 unspecified atom stereocenters. The fourth-order valence-corrected chi connectivity index (χ4v) is 5.25. The summed E-state index contributed by atoms with van der Waals surface area (Å²) in [6, 6.07) is 3.28. The Kier molecular flexibility index (Phi) is 8.01. The number of benzene rings is 1. The lowest BCUT2D eigenvalue weighted by Gasteiger charge is -2.18. The van der Waals surface area contributed by atoms with E-state index in [4.69, 9.17) is 18.9 Å². The van der Waals surface area contributed by atoms with Crippen LogP contribution in [0.5, 0.6) is 17.2 Å². The lowest BCUT2D eigenvalue weighted by molar-refractivity contribution is 0.0601. The predicted octanol–water partition coefficient (Wildman–Crippen LogP) is 5.11. The van der Waals surface area contributed by atoms with E-state index in [-0.39, 0.29) is 5.91 Å². The monoisotopic (exact) mass is 461 g/mol. The van der Waals surface area contributed by atoms with E-state index in [1.807, 2.05) is 20.8 Å². The van der Waals surface area contributed by atoms with Gasteiger partial charge in [-0.2, -0.15) is 0 Å². The third-order valence-electron chi connectivity index (χ3n) is 5.30. The smallest absolute Gasteiger partial charge is 0.341 e. The minimum absolute atomic E-state index is 0.355. The van der Waals surface area contributed by atoms with E-state index in [0.29, 0.717) is 59.1 Å². The van der Waals surface area contributed by atoms with Crippen molar-refractivity contribution in [2.45, 2.75) is 47.0 Å². The van der Waals surface area contributed by atoms with Crippen molar-refractivity contribution in [1.29, 1.82) is 0 Å². The fourth-order valence-electron chi connectivity index (χ4n) is 3.85. The van der Waals surface area contributed by atoms with E-state index < -0.39 is 5.97 Å². The van der Waals surface area contributed by atoms with Crippen LogP contribution in [0.25, 0.3) is 0 Å². The van der Waals surface area contributed by atoms with Gasteiger partial charge in [0.2, 0.25) is 5.75 Å². The van der Waals surface area contributed by atoms with Crippen LogP contribution >= 0.6 is 11.3 Å². The van der Waals surface area contributed by atoms with Gasteiger partial charge in [0.15, 0.2) is 11.5 Å². The third kappa shape index (κ3) is 5.01. The molecule has 0 fully saturated rings. The van der Waals surface area contributed by atoms with Crippen molar-refractivity contribution >= 4 is 28.2 Å². The standard InChI is InChI=1S/C24H31NO6S/c1-6-29-17-12-15(13-18(30-7-2)21(17)31-8-3)22(26)25-23-20(24(27)28-5)16-10-9-14(4)11-19(16)32-23/h12-14H,6-11H2,1-5H3,(H,25,26)/t14-/m1/s1. The molecule has 0 bridgehead atoms. The predicted molar refractivity (Wildman–Crippen MR) is 125 cm³/mol. The zero-order chi connectivity index (χ0) is 23.3. The van der Waals surface area contributed by atoms with Crippen molar-refractivity contribution in [3.05, 3.63) is 33.7 Å². The molecule has 1 aliphatic rings. The van der Waals surface area contributed by atoms with Crippen molar-refractivity contribution in [2.24, 2.45) is 5.92 Å². The van der Waals surface area contributed by atoms with Gasteiger partial charge in [0.1, 0.15) is 5.00 Å². The Labute approximate surface area is 193 Å². The van der Waals surface area contributed by atoms with Gasteiger partial charge in [-0.15, -0.1) is 11.3 Å². The summed E-state index contributed by atoms with van der Waals surface area (Å²) in [4.78, 5) is 26.9. The summed E-state index contributed by atoms with van der Waals surface area (Å²) < 4.78 is 22.2. The van der Waals surface area contributed by atoms with Gasteiger partial charge in [-0.1, -0.05) is 6.92 Å². The number of hydrogen-bond donors (Lipinski definition) is 1. The maximum Gasteiger partial charge on any atom is 0.341 e. The highest BCUT2D eigenvalue weighted by Crippen LogP contribution is 2.42. The van der Waals surface area contributed by atoms with Crippen LogP contribution in [0.3, 0.4) is 0 Å². The van der Waals surface area contributed by atoms with Crippen LogP contribution in [0.4, 0.5) is 5.00 Å². The molecule has 0 saturated carbocycles. The highest BCUT2D eigenvalue weighted by molar-refractivity contribution is 7.17. The summed E-state index contributed by atoms with van der Waals surface area (Å²) in [6.45, 7) is 9.07. The van der Waals surface area contributed by atoms with E-state index in [0.717, 1.165) is 29.7 Å². The van der Waals surface area contributed by atoms with Crippen molar-refractivity contribution < 1.29 is 28.5 Å². The van der Waals surface area contributed by atoms with Gasteiger partial charge in [0.05, 0.1) is 32.5 Å². The van der Waals surface area contributed by atoms with E-state index in [1.165, 1.54) is 18.4 Å². The molecule has 0 aliphatic heterocycles. The van der Waals surface area contributed by atoms with Crippen LogP contribution in [0.2, 0.25) is 0 Å². The van der Waals surface area contributed by atoms with Crippen LogP contribution in [0.1, 0.15) is 65.3 Å². The number of carbonyl (C=O) groups is 2. The molecule has 1 aliphatic carbocycles. The molecule has 174 valence electrons. The quantitative estimate of drug-likeness (QED) is 0.523. The van der Waals surface area contributed by atoms with E-state index in [9.17, 15) is 9.59 Å². The first-order valence-electron chi connectivity index (χ1n) is 11.0. The van der Waals surface area contributed by atoms with Gasteiger partial charge >= 0.3 is 5.97 Å². The number of methoxy groups -OCH3 is 1. The van der Waals surface area contributed by atoms with Gasteiger partial charge < -0.3 is 24.3 Å². The molecule has 2 aromatic rings. The molecule has 8 heteroatoms. The normalized spacial score (nSPS) is 15.0. The summed E-state index contributed by atoms with van der Waals surface area (Å²) in [5.41, 5.74) is 1.82. The first-order valence-corrected chi connectivity index (χ1v) is 11.9. The second kappa shape index (κ2) is 10.7. The van der Waals surface area contributed by atoms with Gasteiger partial charge in [-0.25, -0.2) is 4.79 Å². The maximum absolute atomic E-state index is 13.2. The fraction of sp³-hybridized carbons (Fsp3) is 0.500. The second-order valence-electron chi connectivity index (χ2n) is 7.60. The number of anilines is 1. The highest BCUT2D eigenvalue weighted by atomic mass is 32.1. The molecule has 0 spiro atoms. The number of thiophene rings is 1. The summed E-state index contributed by atoms with van der Waals surface area (Å²) >= 11 is 1.45. The van der Waals surface area contributed by atoms with Crippen molar-refractivity contribution in [1.82, 2.24) is 0 Å². The molecular weight excluding hydrogens is 430 g/mol. The number of rotatable bonds is 9. The highest BCUT2D eigenvalue weighted by Gasteiger charge is 2.29. The molecule has 1 N–H and O–H groups in total. The molecule has 7 nitrogen and oxygen atoms in total. The number of amides is 1. The van der Waals surface area contributed by atoms with E-state index in [2.05, 4.69) is 12.2 Å². The number of fused-ring (bicyclic) bond motifs is 1. The van der Waals surface area contributed by atoms with Crippen LogP contribution in [-0.4, -0.2) is 38.8 Å². The average molecular weight is 462 g/mol. The number of hydrogen-bond acceptors (Lipinski definition) is 7. The largest absolute Gasteiger partial charge is 0.490 e. The molecule has 1 amide bonds. The molecule has 32 heavy (non-hydrogen) atoms. The average Bonchev–Trinajstić information content (AvgIpc) is 3.12. The Morgan fingerprint density at radius 3 is 2.25 bits per heavy atom. The molecule has 0 radical (unpaired) electrons. The van der Waals surface area contributed by atoms with Crippen molar-refractivity contribution in [3.63, 3.8) is 0 Å². The zero-order valence-electron chi connectivity index (χ0n) is 19.3. The SMILES string of the molecule is CCOc1cc(C(=O)Nc2sc3c(c2C(=O)OC)CC[C@@H](C)C3)cc(OCC)c1OCC. The molecule has 3 rings (SSSR count). The minimum atomic E-state index is -0.427. The topological polar surface area (TPSA) is 83.1 Å². The second-order valence-corrected chi connectivity index (χ2v) is 8.71. The Morgan fingerprint density at radius 2 is 1.69 bits per heavy atom. The van der Waals surface area contributed by atoms with Gasteiger partial charge in [-0.3, -0.25) is 4.79 Å². The number of carbonyl (C=O) groups excluding carboxylic acids is 2. The van der Waals surface area contributed by atoms with E-state index in [1.54, 1.807) is 12.1 Å². The van der Waals surface area contributed by atoms with Gasteiger partial charge in [0, 0.05) is 10.4 Å². The molecule has 1 heterocycles. The van der Waals surface area contributed by atoms with Crippen LogP contribution < -0.4 is 19.5 Å².